The number of nitrogen functional groups attached to an aromatic ring is 1. The zero-order valence-electron chi connectivity index (χ0n) is 10.4. The molecule has 0 saturated carbocycles. The van der Waals surface area contributed by atoms with Gasteiger partial charge in [0, 0.05) is 15.7 Å². The summed E-state index contributed by atoms with van der Waals surface area (Å²) < 4.78 is 1.01. The first-order valence-electron chi connectivity index (χ1n) is 5.95. The van der Waals surface area contributed by atoms with Crippen LogP contribution in [0.5, 0.6) is 0 Å². The first-order chi connectivity index (χ1) is 8.61. The molecule has 0 aromatic heterocycles. The van der Waals surface area contributed by atoms with E-state index in [1.165, 1.54) is 5.56 Å². The van der Waals surface area contributed by atoms with E-state index in [0.717, 1.165) is 33.3 Å². The molecular weight excluding hydrogens is 286 g/mol. The zero-order chi connectivity index (χ0) is 13.1. The SMILES string of the molecule is C=C(c1ccc(CC)cc1)c1cc(Br)ccc1N. The van der Waals surface area contributed by atoms with Crippen molar-refractivity contribution in [3.63, 3.8) is 0 Å². The average Bonchev–Trinajstić information content (AvgIpc) is 2.41. The molecule has 0 saturated heterocycles. The smallest absolute Gasteiger partial charge is 0.0394 e. The number of nitrogens with two attached hydrogens (primary N) is 1. The Morgan fingerprint density at radius 1 is 1.17 bits per heavy atom. The highest BCUT2D eigenvalue weighted by molar-refractivity contribution is 9.10. The van der Waals surface area contributed by atoms with Gasteiger partial charge in [-0.2, -0.15) is 0 Å². The average molecular weight is 302 g/mol. The first kappa shape index (κ1) is 12.9. The summed E-state index contributed by atoms with van der Waals surface area (Å²) in [6, 6.07) is 14.3. The maximum atomic E-state index is 6.00. The molecule has 0 fully saturated rings. The number of halogens is 1. The quantitative estimate of drug-likeness (QED) is 0.820. The topological polar surface area (TPSA) is 26.0 Å². The van der Waals surface area contributed by atoms with Gasteiger partial charge < -0.3 is 5.73 Å². The highest BCUT2D eigenvalue weighted by atomic mass is 79.9. The lowest BCUT2D eigenvalue weighted by Gasteiger charge is -2.10. The second kappa shape index (κ2) is 5.40. The van der Waals surface area contributed by atoms with E-state index in [-0.39, 0.29) is 0 Å². The predicted molar refractivity (Wildman–Crippen MR) is 82.5 cm³/mol. The van der Waals surface area contributed by atoms with Gasteiger partial charge in [-0.25, -0.2) is 0 Å². The molecule has 0 heterocycles. The zero-order valence-corrected chi connectivity index (χ0v) is 12.0. The van der Waals surface area contributed by atoms with Crippen molar-refractivity contribution in [2.45, 2.75) is 13.3 Å². The van der Waals surface area contributed by atoms with Crippen molar-refractivity contribution in [1.82, 2.24) is 0 Å². The van der Waals surface area contributed by atoms with Gasteiger partial charge in [-0.3, -0.25) is 0 Å². The van der Waals surface area contributed by atoms with Crippen LogP contribution in [0.15, 0.2) is 53.5 Å². The van der Waals surface area contributed by atoms with Crippen LogP contribution in [0.3, 0.4) is 0 Å². The monoisotopic (exact) mass is 301 g/mol. The Hall–Kier alpha value is -1.54. The Morgan fingerprint density at radius 3 is 2.44 bits per heavy atom. The minimum atomic E-state index is 0.753. The Morgan fingerprint density at radius 2 is 1.83 bits per heavy atom. The van der Waals surface area contributed by atoms with E-state index in [1.54, 1.807) is 0 Å². The molecule has 92 valence electrons. The molecule has 0 spiro atoms. The van der Waals surface area contributed by atoms with Crippen molar-refractivity contribution in [2.24, 2.45) is 0 Å². The summed E-state index contributed by atoms with van der Waals surface area (Å²) in [6.45, 7) is 6.30. The highest BCUT2D eigenvalue weighted by Crippen LogP contribution is 2.29. The standard InChI is InChI=1S/C16H16BrN/c1-3-12-4-6-13(7-5-12)11(2)15-10-14(17)8-9-16(15)18/h4-10H,2-3,18H2,1H3. The molecule has 18 heavy (non-hydrogen) atoms. The minimum Gasteiger partial charge on any atom is -0.398 e. The van der Waals surface area contributed by atoms with E-state index in [2.05, 4.69) is 53.7 Å². The fourth-order valence-electron chi connectivity index (χ4n) is 1.89. The molecule has 1 nitrogen and oxygen atoms in total. The van der Waals surface area contributed by atoms with Gasteiger partial charge in [-0.15, -0.1) is 0 Å². The van der Waals surface area contributed by atoms with E-state index in [0.29, 0.717) is 0 Å². The van der Waals surface area contributed by atoms with Crippen LogP contribution >= 0.6 is 15.9 Å². The third-order valence-corrected chi connectivity index (χ3v) is 3.54. The van der Waals surface area contributed by atoms with E-state index in [4.69, 9.17) is 5.73 Å². The molecule has 2 aromatic rings. The predicted octanol–water partition coefficient (Wildman–Crippen LogP) is 4.66. The molecule has 0 aliphatic carbocycles. The van der Waals surface area contributed by atoms with E-state index in [9.17, 15) is 0 Å². The lowest BCUT2D eigenvalue weighted by molar-refractivity contribution is 1.14. The molecule has 2 heteroatoms. The Balaban J connectivity index is 2.38. The third kappa shape index (κ3) is 2.65. The van der Waals surface area contributed by atoms with Crippen LogP contribution in [0, 0.1) is 0 Å². The summed E-state index contributed by atoms with van der Waals surface area (Å²) in [6.07, 6.45) is 1.05. The molecular formula is C16H16BrN. The van der Waals surface area contributed by atoms with Crippen molar-refractivity contribution in [2.75, 3.05) is 5.73 Å². The molecule has 0 aliphatic heterocycles. The van der Waals surface area contributed by atoms with Gasteiger partial charge in [0.25, 0.3) is 0 Å². The Labute approximate surface area is 116 Å². The van der Waals surface area contributed by atoms with Crippen molar-refractivity contribution in [3.8, 4) is 0 Å². The van der Waals surface area contributed by atoms with Gasteiger partial charge in [0.05, 0.1) is 0 Å². The summed E-state index contributed by atoms with van der Waals surface area (Å²) in [5.74, 6) is 0. The molecule has 0 amide bonds. The lowest BCUT2D eigenvalue weighted by Crippen LogP contribution is -1.94. The molecule has 0 atom stereocenters. The minimum absolute atomic E-state index is 0.753. The maximum absolute atomic E-state index is 6.00. The van der Waals surface area contributed by atoms with Gasteiger partial charge in [0.1, 0.15) is 0 Å². The van der Waals surface area contributed by atoms with Crippen molar-refractivity contribution in [1.29, 1.82) is 0 Å². The van der Waals surface area contributed by atoms with Crippen molar-refractivity contribution in [3.05, 3.63) is 70.2 Å². The summed E-state index contributed by atoms with van der Waals surface area (Å²) in [7, 11) is 0. The van der Waals surface area contributed by atoms with Gasteiger partial charge in [0.15, 0.2) is 0 Å². The number of benzene rings is 2. The van der Waals surface area contributed by atoms with Gasteiger partial charge in [-0.05, 0) is 41.3 Å². The Kier molecular flexibility index (Phi) is 3.87. The Bertz CT molecular complexity index is 570. The van der Waals surface area contributed by atoms with Crippen LogP contribution in [0.4, 0.5) is 5.69 Å². The summed E-state index contributed by atoms with van der Waals surface area (Å²) in [5, 5.41) is 0. The molecule has 2 aromatic carbocycles. The van der Waals surface area contributed by atoms with Crippen LogP contribution in [0.1, 0.15) is 23.6 Å². The van der Waals surface area contributed by atoms with Gasteiger partial charge in [0.2, 0.25) is 0 Å². The van der Waals surface area contributed by atoms with E-state index >= 15 is 0 Å². The summed E-state index contributed by atoms with van der Waals surface area (Å²) >= 11 is 3.46. The molecule has 0 aliphatic rings. The molecule has 0 bridgehead atoms. The number of rotatable bonds is 3. The van der Waals surface area contributed by atoms with Crippen molar-refractivity contribution >= 4 is 27.2 Å². The van der Waals surface area contributed by atoms with Crippen LogP contribution in [0.2, 0.25) is 0 Å². The van der Waals surface area contributed by atoms with Crippen LogP contribution in [-0.2, 0) is 6.42 Å². The fourth-order valence-corrected chi connectivity index (χ4v) is 2.25. The van der Waals surface area contributed by atoms with Gasteiger partial charge >= 0.3 is 0 Å². The molecule has 0 unspecified atom stereocenters. The summed E-state index contributed by atoms with van der Waals surface area (Å²) in [4.78, 5) is 0. The van der Waals surface area contributed by atoms with Crippen LogP contribution in [0.25, 0.3) is 5.57 Å². The normalized spacial score (nSPS) is 10.3. The van der Waals surface area contributed by atoms with Crippen molar-refractivity contribution < 1.29 is 0 Å². The molecule has 2 rings (SSSR count). The second-order valence-corrected chi connectivity index (χ2v) is 5.18. The van der Waals surface area contributed by atoms with E-state index in [1.807, 2.05) is 18.2 Å². The third-order valence-electron chi connectivity index (χ3n) is 3.05. The number of anilines is 1. The van der Waals surface area contributed by atoms with E-state index < -0.39 is 0 Å². The number of hydrogen-bond donors (Lipinski definition) is 1. The largest absolute Gasteiger partial charge is 0.398 e. The maximum Gasteiger partial charge on any atom is 0.0394 e. The van der Waals surface area contributed by atoms with Crippen LogP contribution in [-0.4, -0.2) is 0 Å². The summed E-state index contributed by atoms with van der Waals surface area (Å²) in [5.41, 5.74) is 11.1. The molecule has 0 radical (unpaired) electrons. The first-order valence-corrected chi connectivity index (χ1v) is 6.74. The van der Waals surface area contributed by atoms with Gasteiger partial charge in [-0.1, -0.05) is 53.7 Å². The fraction of sp³-hybridized carbons (Fsp3) is 0.125. The molecule has 2 N–H and O–H groups in total. The number of aryl methyl sites for hydroxylation is 1. The lowest BCUT2D eigenvalue weighted by atomic mass is 9.97. The highest BCUT2D eigenvalue weighted by Gasteiger charge is 2.06. The number of hydrogen-bond acceptors (Lipinski definition) is 1. The van der Waals surface area contributed by atoms with Crippen LogP contribution < -0.4 is 5.73 Å². The second-order valence-electron chi connectivity index (χ2n) is 4.26.